The molecule has 3 rings (SSSR count). The van der Waals surface area contributed by atoms with Gasteiger partial charge in [0.15, 0.2) is 0 Å². The molecule has 1 unspecified atom stereocenters. The molecule has 1 aromatic heterocycles. The molecule has 22 heavy (non-hydrogen) atoms. The van der Waals surface area contributed by atoms with Gasteiger partial charge in [0.05, 0.1) is 5.56 Å². The van der Waals surface area contributed by atoms with Gasteiger partial charge in [-0.15, -0.1) is 0 Å². The third kappa shape index (κ3) is 3.11. The van der Waals surface area contributed by atoms with Crippen LogP contribution in [-0.2, 0) is 9.53 Å². The zero-order valence-electron chi connectivity index (χ0n) is 12.8. The molecule has 0 N–H and O–H groups in total. The van der Waals surface area contributed by atoms with E-state index in [0.717, 1.165) is 18.5 Å². The van der Waals surface area contributed by atoms with Gasteiger partial charge in [-0.25, -0.2) is 0 Å². The molecule has 0 aliphatic carbocycles. The number of carbonyl (C=O) groups excluding carboxylic acids is 2. The van der Waals surface area contributed by atoms with Crippen LogP contribution in [0.4, 0.5) is 0 Å². The predicted molar refractivity (Wildman–Crippen MR) is 80.4 cm³/mol. The highest BCUT2D eigenvalue weighted by Gasteiger charge is 2.31. The Morgan fingerprint density at radius 3 is 2.50 bits per heavy atom. The van der Waals surface area contributed by atoms with Crippen LogP contribution in [0.1, 0.15) is 28.9 Å². The molecule has 6 heteroatoms. The number of ether oxygens (including phenoxy) is 1. The Kier molecular flexibility index (Phi) is 4.38. The summed E-state index contributed by atoms with van der Waals surface area (Å²) < 4.78 is 5.44. The largest absolute Gasteiger partial charge is 0.368 e. The maximum absolute atomic E-state index is 12.4. The molecule has 0 spiro atoms. The maximum atomic E-state index is 12.4. The van der Waals surface area contributed by atoms with Gasteiger partial charge in [-0.05, 0) is 31.9 Å². The Morgan fingerprint density at radius 1 is 1.18 bits per heavy atom. The molecule has 0 saturated carbocycles. The lowest BCUT2D eigenvalue weighted by atomic mass is 10.2. The molecule has 2 aliphatic heterocycles. The van der Waals surface area contributed by atoms with Crippen LogP contribution in [0.5, 0.6) is 0 Å². The number of pyridine rings is 1. The minimum atomic E-state index is -0.274. The van der Waals surface area contributed by atoms with E-state index in [2.05, 4.69) is 4.98 Å². The van der Waals surface area contributed by atoms with Gasteiger partial charge in [0.2, 0.25) is 0 Å². The quantitative estimate of drug-likeness (QED) is 0.813. The SMILES string of the molecule is Cc1ccc(C(=O)N2CCN(C(=O)C3CCCO3)CC2)cn1. The summed E-state index contributed by atoms with van der Waals surface area (Å²) in [7, 11) is 0. The van der Waals surface area contributed by atoms with Crippen molar-refractivity contribution in [2.75, 3.05) is 32.8 Å². The summed E-state index contributed by atoms with van der Waals surface area (Å²) in [5.41, 5.74) is 1.49. The number of piperazine rings is 1. The summed E-state index contributed by atoms with van der Waals surface area (Å²) >= 11 is 0. The van der Waals surface area contributed by atoms with Crippen LogP contribution in [-0.4, -0.2) is 65.5 Å². The van der Waals surface area contributed by atoms with Crippen LogP contribution in [0.3, 0.4) is 0 Å². The van der Waals surface area contributed by atoms with Crippen molar-refractivity contribution in [2.45, 2.75) is 25.9 Å². The van der Waals surface area contributed by atoms with E-state index in [1.165, 1.54) is 0 Å². The highest BCUT2D eigenvalue weighted by molar-refractivity contribution is 5.94. The molecular weight excluding hydrogens is 282 g/mol. The first-order chi connectivity index (χ1) is 10.6. The zero-order valence-corrected chi connectivity index (χ0v) is 12.8. The van der Waals surface area contributed by atoms with Gasteiger partial charge in [0, 0.05) is 44.7 Å². The number of amides is 2. The van der Waals surface area contributed by atoms with Gasteiger partial charge in [0.1, 0.15) is 6.10 Å². The molecule has 0 radical (unpaired) electrons. The summed E-state index contributed by atoms with van der Waals surface area (Å²) in [6.07, 6.45) is 3.10. The molecule has 0 bridgehead atoms. The fourth-order valence-electron chi connectivity index (χ4n) is 2.88. The third-order valence-corrected chi connectivity index (χ3v) is 4.24. The van der Waals surface area contributed by atoms with Crippen LogP contribution in [0.15, 0.2) is 18.3 Å². The summed E-state index contributed by atoms with van der Waals surface area (Å²) in [5, 5.41) is 0. The Hall–Kier alpha value is -1.95. The number of rotatable bonds is 2. The molecule has 118 valence electrons. The Labute approximate surface area is 130 Å². The van der Waals surface area contributed by atoms with Crippen LogP contribution in [0.25, 0.3) is 0 Å². The van der Waals surface area contributed by atoms with Crippen LogP contribution in [0.2, 0.25) is 0 Å². The van der Waals surface area contributed by atoms with E-state index in [1.807, 2.05) is 17.9 Å². The van der Waals surface area contributed by atoms with Crippen molar-refractivity contribution >= 4 is 11.8 Å². The second-order valence-electron chi connectivity index (χ2n) is 5.81. The van der Waals surface area contributed by atoms with E-state index >= 15 is 0 Å². The first kappa shape index (κ1) is 15.0. The number of hydrogen-bond donors (Lipinski definition) is 0. The number of nitrogens with zero attached hydrogens (tertiary/aromatic N) is 3. The van der Waals surface area contributed by atoms with Crippen LogP contribution < -0.4 is 0 Å². The third-order valence-electron chi connectivity index (χ3n) is 4.24. The minimum Gasteiger partial charge on any atom is -0.368 e. The minimum absolute atomic E-state index is 0.0169. The van der Waals surface area contributed by atoms with E-state index in [-0.39, 0.29) is 17.9 Å². The van der Waals surface area contributed by atoms with Crippen LogP contribution >= 0.6 is 0 Å². The van der Waals surface area contributed by atoms with Crippen molar-refractivity contribution in [2.24, 2.45) is 0 Å². The normalized spacial score (nSPS) is 22.0. The molecule has 3 heterocycles. The van der Waals surface area contributed by atoms with E-state index in [4.69, 9.17) is 4.74 Å². The first-order valence-electron chi connectivity index (χ1n) is 7.77. The van der Waals surface area contributed by atoms with Crippen molar-refractivity contribution in [1.29, 1.82) is 0 Å². The number of aromatic nitrogens is 1. The average Bonchev–Trinajstić information content (AvgIpc) is 3.09. The van der Waals surface area contributed by atoms with Crippen molar-refractivity contribution in [3.8, 4) is 0 Å². The first-order valence-corrected chi connectivity index (χ1v) is 7.77. The van der Waals surface area contributed by atoms with Gasteiger partial charge in [-0.1, -0.05) is 0 Å². The standard InChI is InChI=1S/C16H21N3O3/c1-12-4-5-13(11-17-12)15(20)18-6-8-19(9-7-18)16(21)14-3-2-10-22-14/h4-5,11,14H,2-3,6-10H2,1H3. The molecule has 0 aromatic carbocycles. The lowest BCUT2D eigenvalue weighted by Gasteiger charge is -2.35. The zero-order chi connectivity index (χ0) is 15.5. The number of aryl methyl sites for hydroxylation is 1. The van der Waals surface area contributed by atoms with E-state index < -0.39 is 0 Å². The molecule has 2 saturated heterocycles. The van der Waals surface area contributed by atoms with Crippen molar-refractivity contribution in [1.82, 2.24) is 14.8 Å². The Balaban J connectivity index is 1.56. The van der Waals surface area contributed by atoms with E-state index in [1.54, 1.807) is 17.2 Å². The fraction of sp³-hybridized carbons (Fsp3) is 0.562. The van der Waals surface area contributed by atoms with Gasteiger partial charge in [0.25, 0.3) is 11.8 Å². The fourth-order valence-corrected chi connectivity index (χ4v) is 2.88. The van der Waals surface area contributed by atoms with Gasteiger partial charge >= 0.3 is 0 Å². The summed E-state index contributed by atoms with van der Waals surface area (Å²) in [6.45, 7) is 4.84. The summed E-state index contributed by atoms with van der Waals surface area (Å²) in [5.74, 6) is 0.0540. The summed E-state index contributed by atoms with van der Waals surface area (Å²) in [4.78, 5) is 32.4. The highest BCUT2D eigenvalue weighted by Crippen LogP contribution is 2.16. The molecule has 1 aromatic rings. The van der Waals surface area contributed by atoms with Gasteiger partial charge in [-0.2, -0.15) is 0 Å². The Morgan fingerprint density at radius 2 is 1.91 bits per heavy atom. The lowest BCUT2D eigenvalue weighted by molar-refractivity contribution is -0.142. The molecule has 2 aliphatic rings. The molecule has 1 atom stereocenters. The molecule has 6 nitrogen and oxygen atoms in total. The van der Waals surface area contributed by atoms with Gasteiger partial charge in [-0.3, -0.25) is 14.6 Å². The second-order valence-corrected chi connectivity index (χ2v) is 5.81. The maximum Gasteiger partial charge on any atom is 0.255 e. The van der Waals surface area contributed by atoms with Crippen molar-refractivity contribution in [3.05, 3.63) is 29.6 Å². The lowest BCUT2D eigenvalue weighted by Crippen LogP contribution is -2.52. The summed E-state index contributed by atoms with van der Waals surface area (Å²) in [6, 6.07) is 3.64. The highest BCUT2D eigenvalue weighted by atomic mass is 16.5. The van der Waals surface area contributed by atoms with E-state index in [9.17, 15) is 9.59 Å². The van der Waals surface area contributed by atoms with Gasteiger partial charge < -0.3 is 14.5 Å². The molecule has 2 amide bonds. The molecular formula is C16H21N3O3. The monoisotopic (exact) mass is 303 g/mol. The topological polar surface area (TPSA) is 62.7 Å². The molecule has 2 fully saturated rings. The average molecular weight is 303 g/mol. The van der Waals surface area contributed by atoms with Crippen molar-refractivity contribution in [3.63, 3.8) is 0 Å². The van der Waals surface area contributed by atoms with Crippen molar-refractivity contribution < 1.29 is 14.3 Å². The Bertz CT molecular complexity index is 544. The van der Waals surface area contributed by atoms with Crippen LogP contribution in [0, 0.1) is 6.92 Å². The number of hydrogen-bond acceptors (Lipinski definition) is 4. The predicted octanol–water partition coefficient (Wildman–Crippen LogP) is 0.853. The smallest absolute Gasteiger partial charge is 0.255 e. The number of carbonyl (C=O) groups is 2. The second kappa shape index (κ2) is 6.44. The van der Waals surface area contributed by atoms with E-state index in [0.29, 0.717) is 38.3 Å².